The number of aliphatic hydroxyl groups excluding tert-OH is 2. The van der Waals surface area contributed by atoms with Crippen LogP contribution in [-0.2, 0) is 25.5 Å². The van der Waals surface area contributed by atoms with Gasteiger partial charge in [0.25, 0.3) is 0 Å². The number of nitrogen functional groups attached to an aromatic ring is 1. The Morgan fingerprint density at radius 2 is 2.00 bits per heavy atom. The first-order valence-electron chi connectivity index (χ1n) is 15.1. The second-order valence-electron chi connectivity index (χ2n) is 13.4. The van der Waals surface area contributed by atoms with Gasteiger partial charge in [0, 0.05) is 34.4 Å². The molecule has 228 valence electrons. The monoisotopic (exact) mass is 605 g/mol. The fourth-order valence-corrected chi connectivity index (χ4v) is 10.6. The van der Waals surface area contributed by atoms with Crippen LogP contribution in [0.1, 0.15) is 61.8 Å². The number of methoxy groups -OCH3 is 1. The highest BCUT2D eigenvalue weighted by atomic mass is 32.1. The van der Waals surface area contributed by atoms with Gasteiger partial charge in [-0.2, -0.15) is 0 Å². The van der Waals surface area contributed by atoms with Gasteiger partial charge in [-0.1, -0.05) is 37.6 Å². The van der Waals surface area contributed by atoms with E-state index in [4.69, 9.17) is 19.9 Å². The average Bonchev–Trinajstić information content (AvgIpc) is 3.63. The molecule has 0 amide bonds. The zero-order valence-corrected chi connectivity index (χ0v) is 25.6. The zero-order valence-electron chi connectivity index (χ0n) is 24.7. The van der Waals surface area contributed by atoms with Crippen LogP contribution in [0.5, 0.6) is 5.75 Å². The number of hydrogen-bond acceptors (Lipinski definition) is 9. The number of carbonyl (C=O) groups is 2. The smallest absolute Gasteiger partial charge is 0.198 e. The quantitative estimate of drug-likeness (QED) is 0.410. The van der Waals surface area contributed by atoms with Crippen molar-refractivity contribution in [1.29, 1.82) is 0 Å². The van der Waals surface area contributed by atoms with Crippen LogP contribution in [0.4, 0.5) is 5.69 Å². The number of Topliss-reactive ketones (excluding diaryl/α,β-unsaturated/α-hetero) is 1. The van der Waals surface area contributed by atoms with E-state index in [1.165, 1.54) is 11.3 Å². The minimum Gasteiger partial charge on any atom is -0.495 e. The molecular weight excluding hydrogens is 566 g/mol. The molecule has 7 rings (SSSR count). The average molecular weight is 606 g/mol. The molecule has 9 atom stereocenters. The van der Waals surface area contributed by atoms with E-state index in [9.17, 15) is 19.8 Å². The highest BCUT2D eigenvalue weighted by molar-refractivity contribution is 7.10. The second-order valence-corrected chi connectivity index (χ2v) is 14.3. The Morgan fingerprint density at radius 1 is 1.23 bits per heavy atom. The van der Waals surface area contributed by atoms with Crippen molar-refractivity contribution in [2.45, 2.75) is 70.1 Å². The SMILES string of the molecule is COc1c(Cc2ccc(N)cc2)csc1[C@@H]1O[C@@H]2C[C@H]3[C@@H]4CCC5=CC(=O)C=C[C@]5(C)[C@H]4[C@@H](O)C[C@]3(C)[C@]2(C(=O)CO)O1. The Morgan fingerprint density at radius 3 is 2.72 bits per heavy atom. The summed E-state index contributed by atoms with van der Waals surface area (Å²) in [6.45, 7) is 3.50. The molecule has 2 aromatic rings. The predicted octanol–water partition coefficient (Wildman–Crippen LogP) is 4.53. The highest BCUT2D eigenvalue weighted by Gasteiger charge is 2.76. The summed E-state index contributed by atoms with van der Waals surface area (Å²) in [4.78, 5) is 26.8. The molecule has 0 bridgehead atoms. The van der Waals surface area contributed by atoms with Crippen molar-refractivity contribution in [3.8, 4) is 5.75 Å². The number of carbonyl (C=O) groups excluding carboxylic acids is 2. The number of allylic oxidation sites excluding steroid dienone is 4. The lowest BCUT2D eigenvalue weighted by Gasteiger charge is -2.59. The van der Waals surface area contributed by atoms with Crippen LogP contribution in [-0.4, -0.2) is 53.3 Å². The lowest BCUT2D eigenvalue weighted by molar-refractivity contribution is -0.200. The summed E-state index contributed by atoms with van der Waals surface area (Å²) < 4.78 is 19.3. The lowest BCUT2D eigenvalue weighted by Crippen LogP contribution is -2.63. The Bertz CT molecular complexity index is 1530. The number of anilines is 1. The third-order valence-corrected chi connectivity index (χ3v) is 12.5. The molecule has 2 heterocycles. The first-order valence-corrected chi connectivity index (χ1v) is 16.0. The zero-order chi connectivity index (χ0) is 30.3. The lowest BCUT2D eigenvalue weighted by atomic mass is 9.46. The highest BCUT2D eigenvalue weighted by Crippen LogP contribution is 2.70. The Balaban J connectivity index is 1.22. The van der Waals surface area contributed by atoms with Gasteiger partial charge in [0.1, 0.15) is 17.2 Å². The number of fused-ring (bicyclic) bond motifs is 7. The molecule has 43 heavy (non-hydrogen) atoms. The van der Waals surface area contributed by atoms with Crippen molar-refractivity contribution >= 4 is 28.6 Å². The van der Waals surface area contributed by atoms with Crippen LogP contribution in [0.2, 0.25) is 0 Å². The fourth-order valence-electron chi connectivity index (χ4n) is 9.57. The number of aliphatic hydroxyl groups is 2. The minimum atomic E-state index is -1.40. The summed E-state index contributed by atoms with van der Waals surface area (Å²) >= 11 is 1.47. The van der Waals surface area contributed by atoms with Crippen molar-refractivity contribution in [2.24, 2.45) is 28.6 Å². The number of ketones is 2. The van der Waals surface area contributed by atoms with Crippen molar-refractivity contribution in [2.75, 3.05) is 19.5 Å². The standard InChI is InChI=1S/C34H39NO7S/c1-32-11-10-22(37)13-20(32)6-9-23-24-14-27-34(26(39)16-36,33(24,2)15-25(38)28(23)32)42-31(41-27)30-29(40-3)19(17-43-30)12-18-4-7-21(35)8-5-18/h4-5,7-8,10-11,13,17,23-25,27-28,31,36,38H,6,9,12,14-16,35H2,1-3H3/t23-,24-,25-,27+,28+,31+,32-,33-,34+/m0/s1. The molecule has 4 fully saturated rings. The fraction of sp³-hybridized carbons (Fsp3) is 0.529. The van der Waals surface area contributed by atoms with E-state index in [0.717, 1.165) is 34.4 Å². The van der Waals surface area contributed by atoms with E-state index in [2.05, 4.69) is 6.92 Å². The van der Waals surface area contributed by atoms with Gasteiger partial charge in [0.2, 0.25) is 0 Å². The molecule has 4 aliphatic carbocycles. The number of rotatable bonds is 6. The summed E-state index contributed by atoms with van der Waals surface area (Å²) in [7, 11) is 1.62. The maximum atomic E-state index is 13.8. The topological polar surface area (TPSA) is 128 Å². The van der Waals surface area contributed by atoms with Gasteiger partial charge in [-0.25, -0.2) is 0 Å². The van der Waals surface area contributed by atoms with Crippen LogP contribution in [0.25, 0.3) is 0 Å². The van der Waals surface area contributed by atoms with Gasteiger partial charge in [-0.05, 0) is 72.7 Å². The molecule has 8 nitrogen and oxygen atoms in total. The second kappa shape index (κ2) is 10.1. The van der Waals surface area contributed by atoms with Crippen molar-refractivity contribution in [3.63, 3.8) is 0 Å². The normalized spacial score (nSPS) is 39.5. The Labute approximate surface area is 255 Å². The van der Waals surface area contributed by atoms with Gasteiger partial charge < -0.3 is 30.2 Å². The molecule has 1 aromatic carbocycles. The molecule has 0 spiro atoms. The van der Waals surface area contributed by atoms with E-state index in [1.54, 1.807) is 19.3 Å². The molecule has 1 aromatic heterocycles. The maximum absolute atomic E-state index is 13.8. The van der Waals surface area contributed by atoms with Gasteiger partial charge in [0.05, 0.1) is 19.3 Å². The number of hydrogen-bond donors (Lipinski definition) is 3. The van der Waals surface area contributed by atoms with Crippen LogP contribution < -0.4 is 10.5 Å². The molecule has 9 heteroatoms. The summed E-state index contributed by atoms with van der Waals surface area (Å²) in [6, 6.07) is 7.72. The molecule has 1 saturated heterocycles. The Hall–Kier alpha value is -2.82. The van der Waals surface area contributed by atoms with E-state index in [1.807, 2.05) is 42.6 Å². The number of thiophene rings is 1. The third-order valence-electron chi connectivity index (χ3n) is 11.4. The van der Waals surface area contributed by atoms with Crippen LogP contribution in [0, 0.1) is 28.6 Å². The molecule has 0 radical (unpaired) electrons. The summed E-state index contributed by atoms with van der Waals surface area (Å²) in [5, 5.41) is 24.2. The van der Waals surface area contributed by atoms with E-state index < -0.39 is 47.3 Å². The van der Waals surface area contributed by atoms with Crippen LogP contribution >= 0.6 is 11.3 Å². The van der Waals surface area contributed by atoms with Crippen molar-refractivity contribution < 1.29 is 34.0 Å². The maximum Gasteiger partial charge on any atom is 0.198 e. The summed E-state index contributed by atoms with van der Waals surface area (Å²) in [6.07, 6.45) is 6.38. The first-order chi connectivity index (χ1) is 20.6. The molecule has 0 unspecified atom stereocenters. The predicted molar refractivity (Wildman–Crippen MR) is 161 cm³/mol. The molecule has 1 aliphatic heterocycles. The Kier molecular flexibility index (Phi) is 6.80. The van der Waals surface area contributed by atoms with Crippen molar-refractivity contribution in [3.05, 3.63) is 69.5 Å². The van der Waals surface area contributed by atoms with Gasteiger partial charge in [0.15, 0.2) is 23.5 Å². The van der Waals surface area contributed by atoms with E-state index >= 15 is 0 Å². The molecular formula is C34H39NO7S. The van der Waals surface area contributed by atoms with Crippen LogP contribution in [0.15, 0.2) is 53.4 Å². The van der Waals surface area contributed by atoms with Gasteiger partial charge in [-0.3, -0.25) is 9.59 Å². The first kappa shape index (κ1) is 28.9. The van der Waals surface area contributed by atoms with Crippen LogP contribution in [0.3, 0.4) is 0 Å². The minimum absolute atomic E-state index is 0.00238. The largest absolute Gasteiger partial charge is 0.495 e. The summed E-state index contributed by atoms with van der Waals surface area (Å²) in [5.74, 6) is 0.326. The van der Waals surface area contributed by atoms with Gasteiger partial charge in [-0.15, -0.1) is 11.3 Å². The van der Waals surface area contributed by atoms with E-state index in [-0.39, 0.29) is 23.5 Å². The molecule has 5 aliphatic rings. The van der Waals surface area contributed by atoms with E-state index in [0.29, 0.717) is 30.7 Å². The van der Waals surface area contributed by atoms with Gasteiger partial charge >= 0.3 is 0 Å². The molecule has 3 saturated carbocycles. The third kappa shape index (κ3) is 4.01. The number of benzene rings is 1. The number of nitrogens with two attached hydrogens (primary N) is 1. The van der Waals surface area contributed by atoms with Crippen molar-refractivity contribution in [1.82, 2.24) is 0 Å². The number of ether oxygens (including phenoxy) is 3. The summed E-state index contributed by atoms with van der Waals surface area (Å²) in [5.41, 5.74) is 7.15. The molecule has 4 N–H and O–H groups in total.